The summed E-state index contributed by atoms with van der Waals surface area (Å²) in [6.45, 7) is 8.46. The molecule has 0 spiro atoms. The van der Waals surface area contributed by atoms with Gasteiger partial charge < -0.3 is 25.3 Å². The Morgan fingerprint density at radius 1 is 1.19 bits per heavy atom. The Kier molecular flexibility index (Phi) is 9.40. The summed E-state index contributed by atoms with van der Waals surface area (Å²) in [4.78, 5) is 20.8. The van der Waals surface area contributed by atoms with E-state index >= 15 is 0 Å². The minimum atomic E-state index is -0.0105. The van der Waals surface area contributed by atoms with Gasteiger partial charge in [0.15, 0.2) is 0 Å². The molecule has 0 unspecified atom stereocenters. The zero-order valence-corrected chi connectivity index (χ0v) is 19.8. The van der Waals surface area contributed by atoms with Gasteiger partial charge in [0.1, 0.15) is 11.6 Å². The Balaban J connectivity index is 0.00000166. The van der Waals surface area contributed by atoms with Crippen LogP contribution in [0, 0.1) is 5.41 Å². The number of nitrogens with zero attached hydrogens (tertiary/aromatic N) is 3. The average Bonchev–Trinajstić information content (AvgIpc) is 2.79. The van der Waals surface area contributed by atoms with Gasteiger partial charge in [-0.1, -0.05) is 37.0 Å². The Labute approximate surface area is 193 Å². The minimum absolute atomic E-state index is 0.0105. The number of anilines is 2. The number of nitrogens with one attached hydrogen (secondary N) is 2. The molecule has 1 fully saturated rings. The average molecular weight is 466 g/mol. The summed E-state index contributed by atoms with van der Waals surface area (Å²) >= 11 is 12.1. The molecule has 2 N–H and O–H groups in total. The van der Waals surface area contributed by atoms with Gasteiger partial charge in [-0.15, -0.1) is 0 Å². The van der Waals surface area contributed by atoms with Gasteiger partial charge in [0.25, 0.3) is 0 Å². The number of carbonyl (C=O) groups excluding carboxylic acids is 1. The molecule has 0 radical (unpaired) electrons. The van der Waals surface area contributed by atoms with Crippen LogP contribution in [0.3, 0.4) is 0 Å². The molecule has 7 nitrogen and oxygen atoms in total. The lowest BCUT2D eigenvalue weighted by Gasteiger charge is -2.36. The largest absolute Gasteiger partial charge is 0.495 e. The molecule has 0 aliphatic carbocycles. The van der Waals surface area contributed by atoms with Gasteiger partial charge in [-0.25, -0.2) is 4.98 Å². The van der Waals surface area contributed by atoms with Gasteiger partial charge in [-0.2, -0.15) is 0 Å². The van der Waals surface area contributed by atoms with Crippen LogP contribution in [0.4, 0.5) is 11.5 Å². The highest BCUT2D eigenvalue weighted by Crippen LogP contribution is 2.29. The second-order valence-electron chi connectivity index (χ2n) is 6.71. The molecule has 0 saturated carbocycles. The smallest absolute Gasteiger partial charge is 0.242 e. The zero-order chi connectivity index (χ0) is 23.0. The number of carbonyl (C=O) groups is 1. The van der Waals surface area contributed by atoms with Crippen LogP contribution in [-0.4, -0.2) is 61.3 Å². The number of aromatic nitrogens is 1. The Bertz CT molecular complexity index is 915. The fourth-order valence-electron chi connectivity index (χ4n) is 3.20. The van der Waals surface area contributed by atoms with E-state index in [1.807, 2.05) is 36.9 Å². The van der Waals surface area contributed by atoms with E-state index in [9.17, 15) is 4.79 Å². The number of ether oxygens (including phenoxy) is 1. The van der Waals surface area contributed by atoms with Crippen molar-refractivity contribution in [1.82, 2.24) is 9.88 Å². The molecule has 3 rings (SSSR count). The van der Waals surface area contributed by atoms with E-state index in [0.29, 0.717) is 46.0 Å². The van der Waals surface area contributed by atoms with Crippen LogP contribution in [0.1, 0.15) is 26.3 Å². The molecule has 2 aromatic rings. The van der Waals surface area contributed by atoms with Crippen LogP contribution in [0.2, 0.25) is 10.0 Å². The topological polar surface area (TPSA) is 81.6 Å². The molecule has 1 saturated heterocycles. The Morgan fingerprint density at radius 3 is 2.48 bits per heavy atom. The van der Waals surface area contributed by atoms with Crippen molar-refractivity contribution < 1.29 is 9.53 Å². The third-order valence-corrected chi connectivity index (χ3v) is 5.32. The van der Waals surface area contributed by atoms with E-state index in [2.05, 4.69) is 15.2 Å². The first kappa shape index (κ1) is 24.8. The summed E-state index contributed by atoms with van der Waals surface area (Å²) in [6.07, 6.45) is 1.50. The second-order valence-corrected chi connectivity index (χ2v) is 7.56. The van der Waals surface area contributed by atoms with Crippen LogP contribution < -0.4 is 15.0 Å². The Hall–Kier alpha value is -2.51. The molecular formula is C22H29Cl2N5O2. The molecule has 31 heavy (non-hydrogen) atoms. The number of hydrogen-bond donors (Lipinski definition) is 2. The maximum absolute atomic E-state index is 12.6. The van der Waals surface area contributed by atoms with Gasteiger partial charge in [-0.05, 0) is 25.1 Å². The zero-order valence-electron chi connectivity index (χ0n) is 18.3. The maximum Gasteiger partial charge on any atom is 0.242 e. The molecule has 168 valence electrons. The van der Waals surface area contributed by atoms with Gasteiger partial charge in [-0.3, -0.25) is 4.79 Å². The first-order valence-electron chi connectivity index (χ1n) is 10.2. The molecule has 1 aliphatic rings. The number of pyridine rings is 1. The lowest BCUT2D eigenvalue weighted by atomic mass is 10.2. The minimum Gasteiger partial charge on any atom is -0.495 e. The predicted octanol–water partition coefficient (Wildman–Crippen LogP) is 4.57. The van der Waals surface area contributed by atoms with Crippen LogP contribution in [0.5, 0.6) is 5.75 Å². The number of piperazine rings is 1. The number of methoxy groups -OCH3 is 1. The monoisotopic (exact) mass is 465 g/mol. The van der Waals surface area contributed by atoms with Crippen molar-refractivity contribution in [3.05, 3.63) is 46.1 Å². The summed E-state index contributed by atoms with van der Waals surface area (Å²) in [6, 6.07) is 7.36. The summed E-state index contributed by atoms with van der Waals surface area (Å²) < 4.78 is 5.28. The van der Waals surface area contributed by atoms with E-state index in [1.54, 1.807) is 20.1 Å². The molecule has 2 heterocycles. The van der Waals surface area contributed by atoms with Crippen molar-refractivity contribution in [2.75, 3.05) is 50.1 Å². The number of halogens is 2. The van der Waals surface area contributed by atoms with Gasteiger partial charge in [0.2, 0.25) is 5.91 Å². The molecule has 1 amide bonds. The van der Waals surface area contributed by atoms with E-state index < -0.39 is 0 Å². The van der Waals surface area contributed by atoms with Crippen molar-refractivity contribution in [1.29, 1.82) is 5.41 Å². The van der Waals surface area contributed by atoms with Gasteiger partial charge >= 0.3 is 0 Å². The van der Waals surface area contributed by atoms with E-state index in [-0.39, 0.29) is 12.5 Å². The van der Waals surface area contributed by atoms with Crippen LogP contribution >= 0.6 is 23.2 Å². The van der Waals surface area contributed by atoms with Crippen LogP contribution in [0.25, 0.3) is 0 Å². The molecule has 0 bridgehead atoms. The molecule has 9 heteroatoms. The number of hydrogen-bond acceptors (Lipinski definition) is 6. The Morgan fingerprint density at radius 2 is 1.87 bits per heavy atom. The van der Waals surface area contributed by atoms with Crippen molar-refractivity contribution in [2.45, 2.75) is 20.8 Å². The molecule has 1 aliphatic heterocycles. The molecular weight excluding hydrogens is 437 g/mol. The predicted molar refractivity (Wildman–Crippen MR) is 128 cm³/mol. The SMILES string of the molecule is CC.COc1cc(N2CCN(C(=O)CNc3ncc(Cl)cc3C(C)=N)CC2)ccc1Cl. The molecule has 1 aromatic heterocycles. The third-order valence-electron chi connectivity index (χ3n) is 4.80. The standard InChI is InChI=1S/C20H23Cl2N5O2.C2H6/c1-13(23)16-9-14(21)11-24-20(16)25-12-19(28)27-7-5-26(6-8-27)15-3-4-17(22)18(10-15)29-2;1-2/h3-4,9-11,23H,5-8,12H2,1-2H3,(H,24,25);1-2H3. The lowest BCUT2D eigenvalue weighted by Crippen LogP contribution is -2.50. The van der Waals surface area contributed by atoms with Gasteiger partial charge in [0, 0.05) is 55.4 Å². The summed E-state index contributed by atoms with van der Waals surface area (Å²) in [5, 5.41) is 11.9. The first-order chi connectivity index (χ1) is 14.9. The lowest BCUT2D eigenvalue weighted by molar-refractivity contribution is -0.129. The van der Waals surface area contributed by atoms with Crippen molar-refractivity contribution in [2.24, 2.45) is 0 Å². The fourth-order valence-corrected chi connectivity index (χ4v) is 3.55. The van der Waals surface area contributed by atoms with Crippen LogP contribution in [0.15, 0.2) is 30.5 Å². The van der Waals surface area contributed by atoms with Crippen molar-refractivity contribution >= 4 is 46.3 Å². The first-order valence-corrected chi connectivity index (χ1v) is 11.0. The molecule has 1 aromatic carbocycles. The summed E-state index contributed by atoms with van der Waals surface area (Å²) in [5.74, 6) is 1.12. The highest BCUT2D eigenvalue weighted by atomic mass is 35.5. The van der Waals surface area contributed by atoms with E-state index in [1.165, 1.54) is 6.20 Å². The number of benzene rings is 1. The summed E-state index contributed by atoms with van der Waals surface area (Å²) in [7, 11) is 1.59. The second kappa shape index (κ2) is 11.8. The maximum atomic E-state index is 12.6. The number of amides is 1. The van der Waals surface area contributed by atoms with Crippen LogP contribution in [-0.2, 0) is 4.79 Å². The fraction of sp³-hybridized carbons (Fsp3) is 0.409. The van der Waals surface area contributed by atoms with Crippen molar-refractivity contribution in [3.63, 3.8) is 0 Å². The highest BCUT2D eigenvalue weighted by molar-refractivity contribution is 6.32. The number of rotatable bonds is 6. The molecule has 0 atom stereocenters. The van der Waals surface area contributed by atoms with Crippen molar-refractivity contribution in [3.8, 4) is 5.75 Å². The normalized spacial score (nSPS) is 13.2. The third kappa shape index (κ3) is 6.48. The van der Waals surface area contributed by atoms with Gasteiger partial charge in [0.05, 0.1) is 23.7 Å². The summed E-state index contributed by atoms with van der Waals surface area (Å²) in [5.41, 5.74) is 1.95. The van der Waals surface area contributed by atoms with E-state index in [0.717, 1.165) is 18.8 Å². The highest BCUT2D eigenvalue weighted by Gasteiger charge is 2.22. The van der Waals surface area contributed by atoms with E-state index in [4.69, 9.17) is 33.3 Å². The quantitative estimate of drug-likeness (QED) is 0.610.